The van der Waals surface area contributed by atoms with Gasteiger partial charge in [0.2, 0.25) is 5.91 Å². The molecule has 0 aromatic heterocycles. The highest BCUT2D eigenvalue weighted by atomic mass is 16.1. The molecule has 12 heavy (non-hydrogen) atoms. The summed E-state index contributed by atoms with van der Waals surface area (Å²) >= 11 is 0. The topological polar surface area (TPSA) is 41.1 Å². The molecule has 0 saturated heterocycles. The third kappa shape index (κ3) is 5.92. The van der Waals surface area contributed by atoms with Crippen LogP contribution in [0, 0.1) is 0 Å². The first-order valence-corrected chi connectivity index (χ1v) is 4.33. The Morgan fingerprint density at radius 1 is 1.42 bits per heavy atom. The Labute approximate surface area is 74.2 Å². The van der Waals surface area contributed by atoms with Crippen molar-refractivity contribution in [3.63, 3.8) is 0 Å². The Morgan fingerprint density at radius 3 is 2.58 bits per heavy atom. The smallest absolute Gasteiger partial charge is 0.246 e. The zero-order valence-corrected chi connectivity index (χ0v) is 7.94. The van der Waals surface area contributed by atoms with E-state index in [-0.39, 0.29) is 5.91 Å². The number of carbonyl (C=O) groups is 1. The van der Waals surface area contributed by atoms with Gasteiger partial charge in [-0.05, 0) is 26.4 Å². The van der Waals surface area contributed by atoms with Crippen molar-refractivity contribution in [2.75, 3.05) is 19.6 Å². The van der Waals surface area contributed by atoms with Gasteiger partial charge in [0, 0.05) is 12.1 Å². The van der Waals surface area contributed by atoms with Crippen molar-refractivity contribution in [2.45, 2.75) is 20.3 Å². The van der Waals surface area contributed by atoms with Gasteiger partial charge >= 0.3 is 0 Å². The van der Waals surface area contributed by atoms with Crippen LogP contribution in [0.4, 0.5) is 0 Å². The molecule has 0 saturated carbocycles. The predicted octanol–water partition coefficient (Wildman–Crippen LogP) is 0.678. The highest BCUT2D eigenvalue weighted by Crippen LogP contribution is 1.85. The highest BCUT2D eigenvalue weighted by Gasteiger charge is 1.98. The molecule has 1 amide bonds. The molecule has 0 radical (unpaired) electrons. The quantitative estimate of drug-likeness (QED) is 0.454. The summed E-state index contributed by atoms with van der Waals surface area (Å²) in [4.78, 5) is 10.9. The molecule has 0 bridgehead atoms. The maximum Gasteiger partial charge on any atom is 0.246 e. The monoisotopic (exact) mass is 170 g/mol. The van der Waals surface area contributed by atoms with E-state index in [2.05, 4.69) is 24.1 Å². The van der Waals surface area contributed by atoms with E-state index in [0.717, 1.165) is 26.1 Å². The lowest BCUT2D eigenvalue weighted by atomic mass is 10.3. The molecule has 0 unspecified atom stereocenters. The molecule has 0 heterocycles. The van der Waals surface area contributed by atoms with E-state index < -0.39 is 0 Å². The SMILES string of the molecule is C=C(C)C(=O)NCCCNCC. The first-order valence-electron chi connectivity index (χ1n) is 4.33. The van der Waals surface area contributed by atoms with E-state index in [0.29, 0.717) is 5.57 Å². The van der Waals surface area contributed by atoms with Gasteiger partial charge in [0.1, 0.15) is 0 Å². The third-order valence-corrected chi connectivity index (χ3v) is 1.45. The fourth-order valence-electron chi connectivity index (χ4n) is 0.743. The predicted molar refractivity (Wildman–Crippen MR) is 51.0 cm³/mol. The van der Waals surface area contributed by atoms with Crippen LogP contribution in [0.25, 0.3) is 0 Å². The van der Waals surface area contributed by atoms with Crippen molar-refractivity contribution in [3.05, 3.63) is 12.2 Å². The van der Waals surface area contributed by atoms with Gasteiger partial charge in [-0.2, -0.15) is 0 Å². The zero-order chi connectivity index (χ0) is 9.40. The van der Waals surface area contributed by atoms with Crippen LogP contribution in [0.15, 0.2) is 12.2 Å². The third-order valence-electron chi connectivity index (χ3n) is 1.45. The molecule has 0 aliphatic heterocycles. The molecule has 70 valence electrons. The van der Waals surface area contributed by atoms with Gasteiger partial charge in [0.25, 0.3) is 0 Å². The van der Waals surface area contributed by atoms with Gasteiger partial charge in [-0.15, -0.1) is 0 Å². The summed E-state index contributed by atoms with van der Waals surface area (Å²) in [6.45, 7) is 9.97. The number of nitrogens with one attached hydrogen (secondary N) is 2. The highest BCUT2D eigenvalue weighted by molar-refractivity contribution is 5.91. The van der Waals surface area contributed by atoms with E-state index in [1.54, 1.807) is 6.92 Å². The fraction of sp³-hybridized carbons (Fsp3) is 0.667. The van der Waals surface area contributed by atoms with Crippen LogP contribution in [0.5, 0.6) is 0 Å². The Balaban J connectivity index is 3.20. The Hall–Kier alpha value is -0.830. The normalized spacial score (nSPS) is 9.50. The Bertz CT molecular complexity index is 155. The maximum atomic E-state index is 10.9. The number of rotatable bonds is 6. The van der Waals surface area contributed by atoms with Crippen molar-refractivity contribution in [1.29, 1.82) is 0 Å². The van der Waals surface area contributed by atoms with Crippen LogP contribution < -0.4 is 10.6 Å². The summed E-state index contributed by atoms with van der Waals surface area (Å²) in [5, 5.41) is 5.94. The minimum Gasteiger partial charge on any atom is -0.352 e. The lowest BCUT2D eigenvalue weighted by molar-refractivity contribution is -0.117. The van der Waals surface area contributed by atoms with Crippen molar-refractivity contribution in [2.24, 2.45) is 0 Å². The summed E-state index contributed by atoms with van der Waals surface area (Å²) in [6, 6.07) is 0. The number of hydrogen-bond acceptors (Lipinski definition) is 2. The van der Waals surface area contributed by atoms with Crippen molar-refractivity contribution in [3.8, 4) is 0 Å². The minimum atomic E-state index is -0.0495. The van der Waals surface area contributed by atoms with E-state index in [1.165, 1.54) is 0 Å². The van der Waals surface area contributed by atoms with Crippen LogP contribution >= 0.6 is 0 Å². The van der Waals surface area contributed by atoms with Crippen molar-refractivity contribution >= 4 is 5.91 Å². The van der Waals surface area contributed by atoms with Crippen LogP contribution in [0.3, 0.4) is 0 Å². The second-order valence-corrected chi connectivity index (χ2v) is 2.74. The van der Waals surface area contributed by atoms with E-state index >= 15 is 0 Å². The van der Waals surface area contributed by atoms with Gasteiger partial charge in [0.15, 0.2) is 0 Å². The van der Waals surface area contributed by atoms with Crippen LogP contribution in [0.1, 0.15) is 20.3 Å². The molecule has 0 aromatic carbocycles. The van der Waals surface area contributed by atoms with Crippen LogP contribution in [-0.4, -0.2) is 25.5 Å². The fourth-order valence-corrected chi connectivity index (χ4v) is 0.743. The van der Waals surface area contributed by atoms with E-state index in [4.69, 9.17) is 0 Å². The number of hydrogen-bond donors (Lipinski definition) is 2. The van der Waals surface area contributed by atoms with Crippen molar-refractivity contribution in [1.82, 2.24) is 10.6 Å². The van der Waals surface area contributed by atoms with Crippen molar-refractivity contribution < 1.29 is 4.79 Å². The molecule has 0 spiro atoms. The first-order chi connectivity index (χ1) is 5.68. The summed E-state index contributed by atoms with van der Waals surface area (Å²) in [5.74, 6) is -0.0495. The molecular formula is C9H18N2O. The average Bonchev–Trinajstić information content (AvgIpc) is 2.03. The Kier molecular flexibility index (Phi) is 6.38. The van der Waals surface area contributed by atoms with Gasteiger partial charge in [-0.1, -0.05) is 13.5 Å². The standard InChI is InChI=1S/C9H18N2O/c1-4-10-6-5-7-11-9(12)8(2)3/h10H,2,4-7H2,1,3H3,(H,11,12). The summed E-state index contributed by atoms with van der Waals surface area (Å²) in [6.07, 6.45) is 0.965. The lowest BCUT2D eigenvalue weighted by Gasteiger charge is -2.04. The summed E-state index contributed by atoms with van der Waals surface area (Å²) < 4.78 is 0. The van der Waals surface area contributed by atoms with Crippen LogP contribution in [-0.2, 0) is 4.79 Å². The number of amides is 1. The van der Waals surface area contributed by atoms with Gasteiger partial charge in [0.05, 0.1) is 0 Å². The lowest BCUT2D eigenvalue weighted by Crippen LogP contribution is -2.27. The zero-order valence-electron chi connectivity index (χ0n) is 7.94. The number of carbonyl (C=O) groups excluding carboxylic acids is 1. The minimum absolute atomic E-state index is 0.0495. The molecule has 3 nitrogen and oxygen atoms in total. The van der Waals surface area contributed by atoms with E-state index in [9.17, 15) is 4.79 Å². The molecule has 0 rings (SSSR count). The molecule has 2 N–H and O–H groups in total. The maximum absolute atomic E-state index is 10.9. The summed E-state index contributed by atoms with van der Waals surface area (Å²) in [5.41, 5.74) is 0.568. The average molecular weight is 170 g/mol. The molecule has 3 heteroatoms. The molecule has 0 fully saturated rings. The molecule has 0 aromatic rings. The molecule has 0 aliphatic rings. The first kappa shape index (κ1) is 11.2. The summed E-state index contributed by atoms with van der Waals surface area (Å²) in [7, 11) is 0. The second-order valence-electron chi connectivity index (χ2n) is 2.74. The Morgan fingerprint density at radius 2 is 2.08 bits per heavy atom. The van der Waals surface area contributed by atoms with E-state index in [1.807, 2.05) is 0 Å². The second kappa shape index (κ2) is 6.85. The van der Waals surface area contributed by atoms with Gasteiger partial charge in [-0.3, -0.25) is 4.79 Å². The molecular weight excluding hydrogens is 152 g/mol. The molecule has 0 atom stereocenters. The van der Waals surface area contributed by atoms with Crippen LogP contribution in [0.2, 0.25) is 0 Å². The molecule has 0 aliphatic carbocycles. The van der Waals surface area contributed by atoms with Gasteiger partial charge in [-0.25, -0.2) is 0 Å². The largest absolute Gasteiger partial charge is 0.352 e. The van der Waals surface area contributed by atoms with Gasteiger partial charge < -0.3 is 10.6 Å².